The van der Waals surface area contributed by atoms with Crippen molar-refractivity contribution in [2.75, 3.05) is 0 Å². The van der Waals surface area contributed by atoms with E-state index in [1.807, 2.05) is 0 Å². The molecule has 0 amide bonds. The predicted molar refractivity (Wildman–Crippen MR) is 113 cm³/mol. The summed E-state index contributed by atoms with van der Waals surface area (Å²) in [5, 5.41) is 3.92. The second kappa shape index (κ2) is 6.60. The molecule has 2 heteroatoms. The molecular weight excluding hydrogens is 343 g/mol. The maximum absolute atomic E-state index is 8.11. The van der Waals surface area contributed by atoms with Crippen LogP contribution >= 0.6 is 17.2 Å². The fourth-order valence-electron chi connectivity index (χ4n) is 4.63. The van der Waals surface area contributed by atoms with E-state index in [1.165, 1.54) is 41.6 Å². The van der Waals surface area contributed by atoms with Gasteiger partial charge in [0.1, 0.15) is 0 Å². The van der Waals surface area contributed by atoms with E-state index in [0.717, 1.165) is 0 Å². The summed E-state index contributed by atoms with van der Waals surface area (Å²) in [5.41, 5.74) is 0.500. The van der Waals surface area contributed by atoms with E-state index < -0.39 is 5.96 Å². The van der Waals surface area contributed by atoms with Gasteiger partial charge in [0.15, 0.2) is 0 Å². The van der Waals surface area contributed by atoms with Crippen LogP contribution in [0.4, 0.5) is 0 Å². The zero-order valence-electron chi connectivity index (χ0n) is 14.4. The molecule has 0 spiro atoms. The molecule has 0 bridgehead atoms. The summed E-state index contributed by atoms with van der Waals surface area (Å²) in [5.74, 6) is -3.03. The van der Waals surface area contributed by atoms with Crippen LogP contribution in [0.15, 0.2) is 91.0 Å². The molecule has 25 heavy (non-hydrogen) atoms. The van der Waals surface area contributed by atoms with Crippen LogP contribution in [0, 0.1) is 0 Å². The first-order valence-electron chi connectivity index (χ1n) is 9.15. The van der Waals surface area contributed by atoms with Gasteiger partial charge in [0.2, 0.25) is 0 Å². The number of rotatable bonds is 4. The SMILES string of the molecule is ClP(c1ccccc1)(c1ccccc1)(c1ccccc1)C1CCCC1. The van der Waals surface area contributed by atoms with Crippen molar-refractivity contribution in [2.45, 2.75) is 31.3 Å². The molecule has 3 aromatic rings. The molecule has 4 rings (SSSR count). The summed E-state index contributed by atoms with van der Waals surface area (Å²) in [6, 6.07) is 32.6. The molecule has 1 aliphatic carbocycles. The van der Waals surface area contributed by atoms with Gasteiger partial charge in [-0.3, -0.25) is 0 Å². The summed E-state index contributed by atoms with van der Waals surface area (Å²) >= 11 is 8.11. The molecule has 1 fully saturated rings. The van der Waals surface area contributed by atoms with Gasteiger partial charge >= 0.3 is 155 Å². The molecule has 0 aliphatic heterocycles. The third-order valence-electron chi connectivity index (χ3n) is 5.79. The summed E-state index contributed by atoms with van der Waals surface area (Å²) in [6.45, 7) is 0. The van der Waals surface area contributed by atoms with Gasteiger partial charge in [-0.25, -0.2) is 0 Å². The van der Waals surface area contributed by atoms with Crippen molar-refractivity contribution in [3.05, 3.63) is 91.0 Å². The molecule has 0 aromatic heterocycles. The van der Waals surface area contributed by atoms with Crippen LogP contribution in [0.5, 0.6) is 0 Å². The summed E-state index contributed by atoms with van der Waals surface area (Å²) in [7, 11) is 0. The molecular formula is C23H24ClP. The Morgan fingerprint density at radius 2 is 0.880 bits per heavy atom. The van der Waals surface area contributed by atoms with Gasteiger partial charge in [-0.05, 0) is 0 Å². The zero-order chi connectivity index (χ0) is 17.2. The van der Waals surface area contributed by atoms with Crippen LogP contribution in [-0.4, -0.2) is 5.66 Å². The maximum atomic E-state index is 8.11. The van der Waals surface area contributed by atoms with Gasteiger partial charge in [0, 0.05) is 0 Å². The van der Waals surface area contributed by atoms with E-state index in [-0.39, 0.29) is 0 Å². The Bertz CT molecular complexity index is 724. The van der Waals surface area contributed by atoms with Crippen molar-refractivity contribution < 1.29 is 0 Å². The molecule has 1 saturated carbocycles. The van der Waals surface area contributed by atoms with E-state index in [1.54, 1.807) is 0 Å². The summed E-state index contributed by atoms with van der Waals surface area (Å²) in [6.07, 6.45) is 4.98. The Hall–Kier alpha value is -1.62. The van der Waals surface area contributed by atoms with Crippen LogP contribution in [0.1, 0.15) is 25.7 Å². The van der Waals surface area contributed by atoms with Crippen LogP contribution in [0.3, 0.4) is 0 Å². The average Bonchev–Trinajstić information content (AvgIpc) is 3.25. The second-order valence-electron chi connectivity index (χ2n) is 7.02. The van der Waals surface area contributed by atoms with E-state index in [2.05, 4.69) is 91.0 Å². The third-order valence-corrected chi connectivity index (χ3v) is 14.2. The first-order chi connectivity index (χ1) is 12.2. The zero-order valence-corrected chi connectivity index (χ0v) is 16.0. The molecule has 0 saturated heterocycles. The third kappa shape index (κ3) is 2.47. The van der Waals surface area contributed by atoms with Crippen LogP contribution in [-0.2, 0) is 0 Å². The summed E-state index contributed by atoms with van der Waals surface area (Å²) < 4.78 is 0. The number of halogens is 1. The topological polar surface area (TPSA) is 0 Å². The van der Waals surface area contributed by atoms with Crippen molar-refractivity contribution in [1.29, 1.82) is 0 Å². The van der Waals surface area contributed by atoms with Gasteiger partial charge in [0.25, 0.3) is 0 Å². The molecule has 0 N–H and O–H groups in total. The first kappa shape index (κ1) is 16.8. The van der Waals surface area contributed by atoms with Gasteiger partial charge in [0.05, 0.1) is 0 Å². The number of hydrogen-bond acceptors (Lipinski definition) is 0. The van der Waals surface area contributed by atoms with E-state index >= 15 is 0 Å². The fraction of sp³-hybridized carbons (Fsp3) is 0.217. The monoisotopic (exact) mass is 366 g/mol. The standard InChI is InChI=1S/C23H24ClP/c24-25(23-18-10-11-19-23,20-12-4-1-5-13-20,21-14-6-2-7-15-21)22-16-8-3-9-17-22/h1-9,12-17,23H,10-11,18-19H2. The van der Waals surface area contributed by atoms with E-state index in [0.29, 0.717) is 5.66 Å². The Balaban J connectivity index is 2.12. The molecule has 3 aromatic carbocycles. The molecule has 0 atom stereocenters. The van der Waals surface area contributed by atoms with Crippen molar-refractivity contribution >= 4 is 33.1 Å². The minimum atomic E-state index is -3.03. The minimum absolute atomic E-state index is 0.500. The van der Waals surface area contributed by atoms with Gasteiger partial charge in [-0.1, -0.05) is 0 Å². The predicted octanol–water partition coefficient (Wildman–Crippen LogP) is 5.61. The van der Waals surface area contributed by atoms with Crippen LogP contribution < -0.4 is 15.9 Å². The molecule has 1 aliphatic rings. The molecule has 0 heterocycles. The molecule has 0 nitrogen and oxygen atoms in total. The normalized spacial score (nSPS) is 17.1. The Morgan fingerprint density at radius 3 is 1.20 bits per heavy atom. The Morgan fingerprint density at radius 1 is 0.560 bits per heavy atom. The van der Waals surface area contributed by atoms with Crippen molar-refractivity contribution in [3.63, 3.8) is 0 Å². The second-order valence-corrected chi connectivity index (χ2v) is 13.6. The van der Waals surface area contributed by atoms with Crippen molar-refractivity contribution in [3.8, 4) is 0 Å². The van der Waals surface area contributed by atoms with Gasteiger partial charge in [-0.15, -0.1) is 0 Å². The Labute approximate surface area is 155 Å². The number of benzene rings is 3. The number of hydrogen-bond donors (Lipinski definition) is 0. The van der Waals surface area contributed by atoms with Gasteiger partial charge in [-0.2, -0.15) is 0 Å². The first-order valence-corrected chi connectivity index (χ1v) is 12.4. The van der Waals surface area contributed by atoms with E-state index in [9.17, 15) is 0 Å². The Kier molecular flexibility index (Phi) is 4.44. The summed E-state index contributed by atoms with van der Waals surface area (Å²) in [4.78, 5) is 0. The molecule has 128 valence electrons. The molecule has 0 radical (unpaired) electrons. The van der Waals surface area contributed by atoms with Gasteiger partial charge < -0.3 is 0 Å². The van der Waals surface area contributed by atoms with Crippen LogP contribution in [0.25, 0.3) is 0 Å². The molecule has 0 unspecified atom stereocenters. The fourth-order valence-corrected chi connectivity index (χ4v) is 12.0. The average molecular weight is 367 g/mol. The van der Waals surface area contributed by atoms with Crippen molar-refractivity contribution in [1.82, 2.24) is 0 Å². The van der Waals surface area contributed by atoms with Crippen molar-refractivity contribution in [2.24, 2.45) is 0 Å². The quantitative estimate of drug-likeness (QED) is 0.526. The van der Waals surface area contributed by atoms with Crippen LogP contribution in [0.2, 0.25) is 0 Å². The van der Waals surface area contributed by atoms with E-state index in [4.69, 9.17) is 11.2 Å².